The highest BCUT2D eigenvalue weighted by atomic mass is 16.6. The Balaban J connectivity index is 1.25. The Bertz CT molecular complexity index is 1090. The maximum absolute atomic E-state index is 13.8. The van der Waals surface area contributed by atoms with Gasteiger partial charge in [0.1, 0.15) is 17.5 Å². The summed E-state index contributed by atoms with van der Waals surface area (Å²) in [4.78, 5) is 39.8. The summed E-state index contributed by atoms with van der Waals surface area (Å²) in [7, 11) is 0. The smallest absolute Gasteiger partial charge is 0.334 e. The third-order valence-corrected chi connectivity index (χ3v) is 12.2. The molecule has 4 saturated carbocycles. The molecule has 1 N–H and O–H groups in total. The fraction of sp³-hybridized carbons (Fsp3) is 0.821. The number of aliphatic hydroxyl groups is 1. The molecule has 7 heteroatoms. The van der Waals surface area contributed by atoms with Crippen molar-refractivity contribution in [2.75, 3.05) is 0 Å². The molecule has 0 aromatic carbocycles. The highest BCUT2D eigenvalue weighted by molar-refractivity contribution is 5.90. The Morgan fingerprint density at radius 1 is 0.971 bits per heavy atom. The second kappa shape index (κ2) is 6.58. The predicted octanol–water partition coefficient (Wildman–Crippen LogP) is 3.26. The zero-order chi connectivity index (χ0) is 24.7. The largest absolute Gasteiger partial charge is 0.455 e. The van der Waals surface area contributed by atoms with Crippen molar-refractivity contribution in [2.24, 2.45) is 34.5 Å². The van der Waals surface area contributed by atoms with Gasteiger partial charge in [0, 0.05) is 24.3 Å². The van der Waals surface area contributed by atoms with Crippen LogP contribution in [0.3, 0.4) is 0 Å². The van der Waals surface area contributed by atoms with E-state index in [0.29, 0.717) is 31.3 Å². The van der Waals surface area contributed by atoms with Crippen LogP contribution in [0.4, 0.5) is 0 Å². The molecule has 7 rings (SSSR count). The van der Waals surface area contributed by atoms with Crippen molar-refractivity contribution < 1.29 is 33.7 Å². The van der Waals surface area contributed by atoms with Crippen molar-refractivity contribution in [3.63, 3.8) is 0 Å². The number of hydrogen-bond donors (Lipinski definition) is 1. The van der Waals surface area contributed by atoms with Gasteiger partial charge in [0.05, 0.1) is 23.0 Å². The van der Waals surface area contributed by atoms with Crippen molar-refractivity contribution in [1.82, 2.24) is 0 Å². The molecular formula is C28H36O7. The van der Waals surface area contributed by atoms with Crippen LogP contribution in [-0.4, -0.2) is 52.3 Å². The Hall–Kier alpha value is -1.73. The highest BCUT2D eigenvalue weighted by Gasteiger charge is 2.83. The van der Waals surface area contributed by atoms with Crippen LogP contribution in [-0.2, 0) is 28.6 Å². The van der Waals surface area contributed by atoms with Crippen LogP contribution in [0.2, 0.25) is 0 Å². The molecule has 7 nitrogen and oxygen atoms in total. The number of rotatable bonds is 1. The molecule has 0 unspecified atom stereocenters. The number of esters is 2. The second-order valence-corrected chi connectivity index (χ2v) is 13.0. The minimum absolute atomic E-state index is 0.00952. The normalized spacial score (nSPS) is 56.4. The Kier molecular flexibility index (Phi) is 4.22. The summed E-state index contributed by atoms with van der Waals surface area (Å²) in [6.45, 7) is 7.76. The van der Waals surface area contributed by atoms with Crippen molar-refractivity contribution in [1.29, 1.82) is 0 Å². The average Bonchev–Trinajstić information content (AvgIpc) is 3.34. The van der Waals surface area contributed by atoms with Gasteiger partial charge in [-0.05, 0) is 84.0 Å². The van der Waals surface area contributed by atoms with Crippen molar-refractivity contribution in [3.8, 4) is 0 Å². The second-order valence-electron chi connectivity index (χ2n) is 13.0. The number of Topliss-reactive ketones (excluding diaryl/α,β-unsaturated/α-hetero) is 1. The number of carbonyl (C=O) groups is 3. The molecule has 0 bridgehead atoms. The molecule has 2 saturated heterocycles. The first-order valence-electron chi connectivity index (χ1n) is 13.5. The van der Waals surface area contributed by atoms with Gasteiger partial charge < -0.3 is 19.3 Å². The zero-order valence-corrected chi connectivity index (χ0v) is 21.1. The molecule has 0 radical (unpaired) electrons. The maximum Gasteiger partial charge on any atom is 0.334 e. The molecule has 0 aromatic rings. The minimum atomic E-state index is -0.842. The van der Waals surface area contributed by atoms with E-state index in [0.717, 1.165) is 31.3 Å². The van der Waals surface area contributed by atoms with Gasteiger partial charge in [-0.2, -0.15) is 0 Å². The van der Waals surface area contributed by atoms with E-state index >= 15 is 0 Å². The van der Waals surface area contributed by atoms with E-state index in [1.54, 1.807) is 6.92 Å². The SMILES string of the molecule is CC1=C(C)C(=O)O[C@@H]([C@]2(C)OC(=O)[C@]34CC[C@H]5[C@@H](C[C@H]6O[C@]67[C@@H](O)CCC(=O)[C@]57C)[C@@H]3CC[C@H]24)C1. The summed E-state index contributed by atoms with van der Waals surface area (Å²) < 4.78 is 18.4. The lowest BCUT2D eigenvalue weighted by atomic mass is 9.43. The van der Waals surface area contributed by atoms with Crippen LogP contribution in [0, 0.1) is 34.5 Å². The van der Waals surface area contributed by atoms with Crippen LogP contribution in [0.25, 0.3) is 0 Å². The van der Waals surface area contributed by atoms with Gasteiger partial charge in [-0.25, -0.2) is 4.79 Å². The summed E-state index contributed by atoms with van der Waals surface area (Å²) in [6, 6.07) is 0. The Morgan fingerprint density at radius 2 is 1.74 bits per heavy atom. The van der Waals surface area contributed by atoms with Crippen LogP contribution in [0.15, 0.2) is 11.1 Å². The number of cyclic esters (lactones) is 2. The minimum Gasteiger partial charge on any atom is -0.455 e. The molecule has 3 aliphatic heterocycles. The van der Waals surface area contributed by atoms with E-state index in [-0.39, 0.29) is 47.5 Å². The van der Waals surface area contributed by atoms with Crippen molar-refractivity contribution in [3.05, 3.63) is 11.1 Å². The summed E-state index contributed by atoms with van der Waals surface area (Å²) in [5.74, 6) is 0.191. The quantitative estimate of drug-likeness (QED) is 0.450. The molecule has 11 atom stereocenters. The van der Waals surface area contributed by atoms with Crippen LogP contribution >= 0.6 is 0 Å². The number of hydrogen-bond acceptors (Lipinski definition) is 7. The van der Waals surface area contributed by atoms with Gasteiger partial charge in [-0.3, -0.25) is 9.59 Å². The van der Waals surface area contributed by atoms with Gasteiger partial charge in [-0.1, -0.05) is 5.57 Å². The van der Waals surface area contributed by atoms with Gasteiger partial charge in [0.2, 0.25) is 0 Å². The van der Waals surface area contributed by atoms with Crippen LogP contribution in [0.5, 0.6) is 0 Å². The molecule has 35 heavy (non-hydrogen) atoms. The van der Waals surface area contributed by atoms with Crippen LogP contribution < -0.4 is 0 Å². The van der Waals surface area contributed by atoms with E-state index in [1.165, 1.54) is 0 Å². The monoisotopic (exact) mass is 484 g/mol. The average molecular weight is 485 g/mol. The van der Waals surface area contributed by atoms with E-state index < -0.39 is 34.2 Å². The lowest BCUT2D eigenvalue weighted by Gasteiger charge is -2.57. The molecule has 0 amide bonds. The third-order valence-electron chi connectivity index (χ3n) is 12.2. The first-order chi connectivity index (χ1) is 16.5. The maximum atomic E-state index is 13.8. The van der Waals surface area contributed by atoms with E-state index in [1.807, 2.05) is 20.8 Å². The fourth-order valence-electron chi connectivity index (χ4n) is 10.3. The number of epoxide rings is 1. The summed E-state index contributed by atoms with van der Waals surface area (Å²) in [6.07, 6.45) is 4.32. The highest BCUT2D eigenvalue weighted by Crippen LogP contribution is 2.75. The zero-order valence-electron chi connectivity index (χ0n) is 21.1. The van der Waals surface area contributed by atoms with E-state index in [2.05, 4.69) is 0 Å². The van der Waals surface area contributed by atoms with E-state index in [9.17, 15) is 19.5 Å². The van der Waals surface area contributed by atoms with Gasteiger partial charge >= 0.3 is 11.9 Å². The fourth-order valence-corrected chi connectivity index (χ4v) is 10.3. The molecule has 3 heterocycles. The topological polar surface area (TPSA) is 102 Å². The molecule has 2 spiro atoms. The molecular weight excluding hydrogens is 448 g/mol. The molecule has 7 aliphatic rings. The van der Waals surface area contributed by atoms with Crippen molar-refractivity contribution in [2.45, 2.75) is 109 Å². The number of aliphatic hydroxyl groups excluding tert-OH is 1. The number of ketones is 1. The number of carbonyl (C=O) groups excluding carboxylic acids is 3. The molecule has 4 aliphatic carbocycles. The summed E-state index contributed by atoms with van der Waals surface area (Å²) >= 11 is 0. The van der Waals surface area contributed by atoms with Gasteiger partial charge in [0.15, 0.2) is 5.60 Å². The Labute approximate surface area is 205 Å². The predicted molar refractivity (Wildman–Crippen MR) is 123 cm³/mol. The standard InChI is InChI=1S/C28H36O7/c1-13-11-21(33-23(31)14(13)2)26(4)18-6-5-17-15-12-22-28(34-22)20(30)8-7-19(29)25(28,3)16(15)9-10-27(17,18)24(32)35-26/h15-18,20-22,30H,5-12H2,1-4H3/t15-,16+,17+,18-,20+,21-,22-,25+,26-,27-,28-/m1/s1. The van der Waals surface area contributed by atoms with Crippen LogP contribution in [0.1, 0.15) is 79.1 Å². The Morgan fingerprint density at radius 3 is 2.49 bits per heavy atom. The summed E-state index contributed by atoms with van der Waals surface area (Å²) in [5.41, 5.74) is -1.20. The van der Waals surface area contributed by atoms with Gasteiger partial charge in [0.25, 0.3) is 0 Å². The molecule has 0 aromatic heterocycles. The first kappa shape index (κ1) is 22.5. The molecule has 190 valence electrons. The lowest BCUT2D eigenvalue weighted by molar-refractivity contribution is -0.179. The van der Waals surface area contributed by atoms with Gasteiger partial charge in [-0.15, -0.1) is 0 Å². The molecule has 6 fully saturated rings. The first-order valence-corrected chi connectivity index (χ1v) is 13.5. The van der Waals surface area contributed by atoms with E-state index in [4.69, 9.17) is 14.2 Å². The number of ether oxygens (including phenoxy) is 3. The van der Waals surface area contributed by atoms with Crippen molar-refractivity contribution >= 4 is 17.7 Å². The summed E-state index contributed by atoms with van der Waals surface area (Å²) in [5, 5.41) is 10.9. The third kappa shape index (κ3) is 2.30. The number of fused-ring (bicyclic) bond motifs is 3. The lowest BCUT2D eigenvalue weighted by Crippen LogP contribution is -2.65.